The van der Waals surface area contributed by atoms with Crippen molar-refractivity contribution in [2.75, 3.05) is 6.54 Å². The molecular formula is C12H12ClIN2O3. The van der Waals surface area contributed by atoms with E-state index in [-0.39, 0.29) is 18.9 Å². The number of halogens is 2. The van der Waals surface area contributed by atoms with Crippen molar-refractivity contribution in [3.05, 3.63) is 32.4 Å². The number of amides is 2. The highest BCUT2D eigenvalue weighted by Crippen LogP contribution is 2.24. The van der Waals surface area contributed by atoms with Crippen molar-refractivity contribution in [2.45, 2.75) is 18.6 Å². The molecule has 19 heavy (non-hydrogen) atoms. The van der Waals surface area contributed by atoms with Crippen molar-refractivity contribution in [1.82, 2.24) is 4.90 Å². The average Bonchev–Trinajstić information content (AvgIpc) is 2.74. The van der Waals surface area contributed by atoms with Crippen molar-refractivity contribution >= 4 is 46.0 Å². The molecular weight excluding hydrogens is 383 g/mol. The molecule has 0 bridgehead atoms. The lowest BCUT2D eigenvalue weighted by Gasteiger charge is -2.22. The minimum Gasteiger partial charge on any atom is -0.391 e. The highest BCUT2D eigenvalue weighted by molar-refractivity contribution is 14.1. The largest absolute Gasteiger partial charge is 0.391 e. The van der Waals surface area contributed by atoms with Crippen LogP contribution < -0.4 is 5.73 Å². The highest BCUT2D eigenvalue weighted by atomic mass is 127. The lowest BCUT2D eigenvalue weighted by atomic mass is 10.1. The summed E-state index contributed by atoms with van der Waals surface area (Å²) in [5.74, 6) is -0.958. The van der Waals surface area contributed by atoms with E-state index in [1.165, 1.54) is 4.90 Å². The molecule has 1 aromatic rings. The molecule has 3 N–H and O–H groups in total. The van der Waals surface area contributed by atoms with Crippen LogP contribution >= 0.6 is 34.2 Å². The molecule has 2 amide bonds. The molecule has 0 radical (unpaired) electrons. The molecule has 5 nitrogen and oxygen atoms in total. The van der Waals surface area contributed by atoms with Crippen LogP contribution in [0.1, 0.15) is 16.8 Å². The molecule has 1 saturated heterocycles. The van der Waals surface area contributed by atoms with Gasteiger partial charge in [-0.25, -0.2) is 0 Å². The van der Waals surface area contributed by atoms with Gasteiger partial charge >= 0.3 is 0 Å². The number of hydrogen-bond acceptors (Lipinski definition) is 3. The van der Waals surface area contributed by atoms with E-state index in [1.807, 2.05) is 0 Å². The van der Waals surface area contributed by atoms with Crippen molar-refractivity contribution in [3.8, 4) is 0 Å². The zero-order valence-corrected chi connectivity index (χ0v) is 12.8. The molecule has 2 rings (SSSR count). The second-order valence-electron chi connectivity index (χ2n) is 4.39. The Morgan fingerprint density at radius 1 is 1.47 bits per heavy atom. The van der Waals surface area contributed by atoms with Gasteiger partial charge in [0, 0.05) is 22.1 Å². The van der Waals surface area contributed by atoms with Crippen LogP contribution in [0.5, 0.6) is 0 Å². The molecule has 1 aromatic carbocycles. The smallest absolute Gasteiger partial charge is 0.254 e. The second-order valence-corrected chi connectivity index (χ2v) is 5.96. The van der Waals surface area contributed by atoms with Crippen LogP contribution in [-0.4, -0.2) is 40.5 Å². The number of hydrogen-bond donors (Lipinski definition) is 2. The maximum atomic E-state index is 12.3. The molecule has 1 heterocycles. The van der Waals surface area contributed by atoms with Gasteiger partial charge in [-0.2, -0.15) is 0 Å². The lowest BCUT2D eigenvalue weighted by Crippen LogP contribution is -2.43. The fourth-order valence-electron chi connectivity index (χ4n) is 2.10. The fraction of sp³-hybridized carbons (Fsp3) is 0.333. The van der Waals surface area contributed by atoms with Gasteiger partial charge in [-0.3, -0.25) is 9.59 Å². The Kier molecular flexibility index (Phi) is 4.32. The van der Waals surface area contributed by atoms with Gasteiger partial charge in [0.25, 0.3) is 5.91 Å². The van der Waals surface area contributed by atoms with E-state index in [4.69, 9.17) is 17.3 Å². The normalized spacial score (nSPS) is 22.6. The van der Waals surface area contributed by atoms with E-state index < -0.39 is 18.1 Å². The minimum atomic E-state index is -0.763. The van der Waals surface area contributed by atoms with Gasteiger partial charge in [0.2, 0.25) is 5.91 Å². The number of carbonyl (C=O) groups excluding carboxylic acids is 2. The van der Waals surface area contributed by atoms with Crippen molar-refractivity contribution in [3.63, 3.8) is 0 Å². The summed E-state index contributed by atoms with van der Waals surface area (Å²) in [5, 5.41) is 10.1. The first-order valence-electron chi connectivity index (χ1n) is 5.63. The Balaban J connectivity index is 2.27. The summed E-state index contributed by atoms with van der Waals surface area (Å²) in [7, 11) is 0. The molecule has 102 valence electrons. The van der Waals surface area contributed by atoms with Crippen LogP contribution in [0.3, 0.4) is 0 Å². The van der Waals surface area contributed by atoms with Crippen LogP contribution in [-0.2, 0) is 4.79 Å². The summed E-state index contributed by atoms with van der Waals surface area (Å²) in [5.41, 5.74) is 5.63. The van der Waals surface area contributed by atoms with Gasteiger partial charge in [-0.05, 0) is 40.8 Å². The van der Waals surface area contributed by atoms with Gasteiger partial charge in [-0.15, -0.1) is 0 Å². The molecule has 1 aliphatic rings. The molecule has 0 saturated carbocycles. The first-order chi connectivity index (χ1) is 8.90. The zero-order chi connectivity index (χ0) is 14.2. The summed E-state index contributed by atoms with van der Waals surface area (Å²) >= 11 is 8.03. The number of primary amides is 1. The van der Waals surface area contributed by atoms with Crippen LogP contribution in [0, 0.1) is 3.57 Å². The Labute approximate surface area is 128 Å². The summed E-state index contributed by atoms with van der Waals surface area (Å²) in [6.07, 6.45) is -0.542. The quantitative estimate of drug-likeness (QED) is 0.734. The van der Waals surface area contributed by atoms with Crippen molar-refractivity contribution in [2.24, 2.45) is 5.73 Å². The second kappa shape index (κ2) is 5.64. The number of rotatable bonds is 2. The predicted octanol–water partition coefficient (Wildman–Crippen LogP) is 1.01. The van der Waals surface area contributed by atoms with Crippen molar-refractivity contribution < 1.29 is 14.7 Å². The van der Waals surface area contributed by atoms with E-state index in [9.17, 15) is 14.7 Å². The summed E-state index contributed by atoms with van der Waals surface area (Å²) in [6.45, 7) is 0.107. The first-order valence-corrected chi connectivity index (χ1v) is 7.09. The van der Waals surface area contributed by atoms with Gasteiger partial charge in [0.05, 0.1) is 11.1 Å². The minimum absolute atomic E-state index is 0.107. The monoisotopic (exact) mass is 394 g/mol. The van der Waals surface area contributed by atoms with Crippen molar-refractivity contribution in [1.29, 1.82) is 0 Å². The molecule has 2 atom stereocenters. The third-order valence-corrected chi connectivity index (χ3v) is 4.61. The summed E-state index contributed by atoms with van der Waals surface area (Å²) in [4.78, 5) is 24.9. The molecule has 0 aliphatic carbocycles. The number of benzene rings is 1. The summed E-state index contributed by atoms with van der Waals surface area (Å²) < 4.78 is 0.837. The number of aliphatic hydroxyl groups excluding tert-OH is 1. The molecule has 1 fully saturated rings. The van der Waals surface area contributed by atoms with Gasteiger partial charge < -0.3 is 15.7 Å². The van der Waals surface area contributed by atoms with Crippen LogP contribution in [0.25, 0.3) is 0 Å². The number of nitrogens with two attached hydrogens (primary N) is 1. The maximum absolute atomic E-state index is 12.3. The SMILES string of the molecule is NC(=O)C1CC(O)CN1C(=O)c1ccc(I)c(Cl)c1. The molecule has 1 aliphatic heterocycles. The molecule has 2 unspecified atom stereocenters. The van der Waals surface area contributed by atoms with E-state index in [0.29, 0.717) is 10.6 Å². The molecule has 0 spiro atoms. The van der Waals surface area contributed by atoms with E-state index >= 15 is 0 Å². The Hall–Kier alpha value is -0.860. The van der Waals surface area contributed by atoms with Crippen LogP contribution in [0.15, 0.2) is 18.2 Å². The predicted molar refractivity (Wildman–Crippen MR) is 78.8 cm³/mol. The lowest BCUT2D eigenvalue weighted by molar-refractivity contribution is -0.121. The average molecular weight is 395 g/mol. The fourth-order valence-corrected chi connectivity index (χ4v) is 2.62. The Morgan fingerprint density at radius 2 is 2.16 bits per heavy atom. The van der Waals surface area contributed by atoms with E-state index in [1.54, 1.807) is 18.2 Å². The van der Waals surface area contributed by atoms with Gasteiger partial charge in [0.15, 0.2) is 0 Å². The van der Waals surface area contributed by atoms with Gasteiger partial charge in [-0.1, -0.05) is 11.6 Å². The number of β-amino-alcohol motifs (C(OH)–C–C–N with tert-alkyl or cyclic N) is 1. The maximum Gasteiger partial charge on any atom is 0.254 e. The zero-order valence-electron chi connectivity index (χ0n) is 9.85. The third-order valence-electron chi connectivity index (χ3n) is 3.03. The van der Waals surface area contributed by atoms with Crippen LogP contribution in [0.4, 0.5) is 0 Å². The first kappa shape index (κ1) is 14.5. The van der Waals surface area contributed by atoms with Crippen LogP contribution in [0.2, 0.25) is 5.02 Å². The van der Waals surface area contributed by atoms with E-state index in [2.05, 4.69) is 22.6 Å². The topological polar surface area (TPSA) is 83.6 Å². The highest BCUT2D eigenvalue weighted by Gasteiger charge is 2.38. The number of nitrogens with zero attached hydrogens (tertiary/aromatic N) is 1. The standard InChI is InChI=1S/C12H12ClIN2O3/c13-8-3-6(1-2-9(8)14)12(19)16-5-7(17)4-10(16)11(15)18/h1-3,7,10,17H,4-5H2,(H2,15,18). The number of likely N-dealkylation sites (tertiary alicyclic amines) is 1. The Bertz CT molecular complexity index is 538. The number of carbonyl (C=O) groups is 2. The number of aliphatic hydroxyl groups is 1. The van der Waals surface area contributed by atoms with E-state index in [0.717, 1.165) is 3.57 Å². The molecule has 0 aromatic heterocycles. The third kappa shape index (κ3) is 3.01. The Morgan fingerprint density at radius 3 is 2.74 bits per heavy atom. The van der Waals surface area contributed by atoms with Gasteiger partial charge in [0.1, 0.15) is 6.04 Å². The molecule has 7 heteroatoms. The summed E-state index contributed by atoms with van der Waals surface area (Å²) in [6, 6.07) is 4.15.